The van der Waals surface area contributed by atoms with Gasteiger partial charge in [-0.25, -0.2) is 0 Å². The highest BCUT2D eigenvalue weighted by atomic mass is 32.1. The van der Waals surface area contributed by atoms with Gasteiger partial charge in [0.05, 0.1) is 16.7 Å². The lowest BCUT2D eigenvalue weighted by Gasteiger charge is -2.27. The van der Waals surface area contributed by atoms with E-state index in [9.17, 15) is 0 Å². The summed E-state index contributed by atoms with van der Waals surface area (Å²) in [6.07, 6.45) is 0. The highest BCUT2D eigenvalue weighted by Gasteiger charge is 2.21. The second kappa shape index (κ2) is 10.8. The van der Waals surface area contributed by atoms with E-state index in [1.54, 1.807) is 0 Å². The van der Waals surface area contributed by atoms with E-state index in [0.717, 1.165) is 17.1 Å². The summed E-state index contributed by atoms with van der Waals surface area (Å²) in [6.45, 7) is 0. The number of hydrogen-bond acceptors (Lipinski definition) is 3. The molecule has 0 spiro atoms. The first-order chi connectivity index (χ1) is 24.8. The van der Waals surface area contributed by atoms with Gasteiger partial charge in [0.15, 0.2) is 0 Å². The molecule has 0 bridgehead atoms. The van der Waals surface area contributed by atoms with Gasteiger partial charge in [-0.3, -0.25) is 0 Å². The van der Waals surface area contributed by atoms with Gasteiger partial charge in [0.2, 0.25) is 0 Å². The van der Waals surface area contributed by atoms with Crippen LogP contribution >= 0.6 is 22.7 Å². The molecule has 11 aromatic rings. The monoisotopic (exact) mass is 672 g/mol. The van der Waals surface area contributed by atoms with Crippen LogP contribution in [-0.4, -0.2) is 4.57 Å². The SMILES string of the molecule is c1ccc(-n2c3ccccc3c3ccc(N(c4ccc5c(ccc6sc7ccccc7c65)c4)c4cccc5sc6ccccc6c45)cc32)cc1. The molecule has 0 aliphatic carbocycles. The van der Waals surface area contributed by atoms with Crippen molar-refractivity contribution < 1.29 is 0 Å². The molecule has 11 rings (SSSR count). The predicted octanol–water partition coefficient (Wildman–Crippen LogP) is 14.1. The van der Waals surface area contributed by atoms with Gasteiger partial charge in [0, 0.05) is 68.2 Å². The summed E-state index contributed by atoms with van der Waals surface area (Å²) in [5, 5.41) is 10.3. The molecule has 0 fully saturated rings. The Morgan fingerprint density at radius 1 is 0.380 bits per heavy atom. The summed E-state index contributed by atoms with van der Waals surface area (Å²) in [4.78, 5) is 2.48. The van der Waals surface area contributed by atoms with E-state index in [-0.39, 0.29) is 0 Å². The molecule has 0 amide bonds. The largest absolute Gasteiger partial charge is 0.310 e. The number of para-hydroxylation sites is 2. The van der Waals surface area contributed by atoms with Gasteiger partial charge >= 0.3 is 0 Å². The van der Waals surface area contributed by atoms with Gasteiger partial charge in [-0.2, -0.15) is 0 Å². The van der Waals surface area contributed by atoms with Crippen molar-refractivity contribution in [3.63, 3.8) is 0 Å². The second-order valence-corrected chi connectivity index (χ2v) is 15.1. The number of rotatable bonds is 4. The molecule has 4 heteroatoms. The maximum Gasteiger partial charge on any atom is 0.0561 e. The fourth-order valence-corrected chi connectivity index (χ4v) is 10.3. The van der Waals surface area contributed by atoms with E-state index in [1.165, 1.54) is 78.6 Å². The van der Waals surface area contributed by atoms with Crippen molar-refractivity contribution in [1.29, 1.82) is 0 Å². The molecule has 3 heterocycles. The zero-order valence-corrected chi connectivity index (χ0v) is 28.5. The number of fused-ring (bicyclic) bond motifs is 11. The summed E-state index contributed by atoms with van der Waals surface area (Å²) >= 11 is 3.74. The molecule has 8 aromatic carbocycles. The van der Waals surface area contributed by atoms with E-state index < -0.39 is 0 Å². The summed E-state index contributed by atoms with van der Waals surface area (Å²) in [5.74, 6) is 0. The van der Waals surface area contributed by atoms with Crippen LogP contribution in [0.25, 0.3) is 78.6 Å². The molecule has 3 aromatic heterocycles. The van der Waals surface area contributed by atoms with Crippen molar-refractivity contribution in [3.05, 3.63) is 170 Å². The zero-order chi connectivity index (χ0) is 32.8. The molecule has 0 unspecified atom stereocenters. The Morgan fingerprint density at radius 2 is 0.980 bits per heavy atom. The van der Waals surface area contributed by atoms with Crippen LogP contribution in [0.3, 0.4) is 0 Å². The highest BCUT2D eigenvalue weighted by molar-refractivity contribution is 7.26. The van der Waals surface area contributed by atoms with Gasteiger partial charge in [-0.1, -0.05) is 97.1 Å². The van der Waals surface area contributed by atoms with Gasteiger partial charge in [-0.15, -0.1) is 22.7 Å². The minimum atomic E-state index is 1.13. The smallest absolute Gasteiger partial charge is 0.0561 e. The minimum Gasteiger partial charge on any atom is -0.310 e. The van der Waals surface area contributed by atoms with Gasteiger partial charge in [0.25, 0.3) is 0 Å². The van der Waals surface area contributed by atoms with E-state index in [4.69, 9.17) is 0 Å². The Bertz CT molecular complexity index is 3110. The number of nitrogens with zero attached hydrogens (tertiary/aromatic N) is 2. The highest BCUT2D eigenvalue weighted by Crippen LogP contribution is 2.47. The topological polar surface area (TPSA) is 8.17 Å². The van der Waals surface area contributed by atoms with Crippen LogP contribution in [0, 0.1) is 0 Å². The molecule has 0 aliphatic heterocycles. The fraction of sp³-hybridized carbons (Fsp3) is 0. The number of aromatic nitrogens is 1. The lowest BCUT2D eigenvalue weighted by molar-refractivity contribution is 1.18. The molecule has 234 valence electrons. The zero-order valence-electron chi connectivity index (χ0n) is 26.9. The quantitative estimate of drug-likeness (QED) is 0.181. The van der Waals surface area contributed by atoms with Crippen molar-refractivity contribution >= 4 is 113 Å². The molecule has 50 heavy (non-hydrogen) atoms. The molecule has 2 nitrogen and oxygen atoms in total. The molecule has 0 radical (unpaired) electrons. The first-order valence-corrected chi connectivity index (χ1v) is 18.6. The van der Waals surface area contributed by atoms with E-state index >= 15 is 0 Å². The summed E-state index contributed by atoms with van der Waals surface area (Å²) in [6, 6.07) is 62.5. The van der Waals surface area contributed by atoms with Crippen LogP contribution in [-0.2, 0) is 0 Å². The Kier molecular flexibility index (Phi) is 6.03. The molecular weight excluding hydrogens is 645 g/mol. The van der Waals surface area contributed by atoms with Gasteiger partial charge in [-0.05, 0) is 83.6 Å². The van der Waals surface area contributed by atoms with Crippen LogP contribution < -0.4 is 4.90 Å². The van der Waals surface area contributed by atoms with E-state index in [1.807, 2.05) is 22.7 Å². The first-order valence-electron chi connectivity index (χ1n) is 16.9. The molecule has 0 saturated carbocycles. The molecule has 0 saturated heterocycles. The van der Waals surface area contributed by atoms with Gasteiger partial charge < -0.3 is 9.47 Å². The number of hydrogen-bond donors (Lipinski definition) is 0. The Hall–Kier alpha value is -5.94. The summed E-state index contributed by atoms with van der Waals surface area (Å²) in [5.41, 5.74) is 7.01. The van der Waals surface area contributed by atoms with E-state index in [2.05, 4.69) is 179 Å². The summed E-state index contributed by atoms with van der Waals surface area (Å²) in [7, 11) is 0. The maximum absolute atomic E-state index is 2.48. The third-order valence-corrected chi connectivity index (χ3v) is 12.4. The van der Waals surface area contributed by atoms with Crippen molar-refractivity contribution in [2.24, 2.45) is 0 Å². The second-order valence-electron chi connectivity index (χ2n) is 12.9. The minimum absolute atomic E-state index is 1.13. The van der Waals surface area contributed by atoms with Crippen molar-refractivity contribution in [2.75, 3.05) is 4.90 Å². The standard InChI is InChI=1S/C46H28N2S2/c1-2-11-30(12-3-1)48-38-16-7-4-13-34(38)35-25-23-32(28-40(35)48)47(39-17-10-20-43-46(39)37-15-6-9-19-42(37)49-43)31-22-24-33-29(27-31)21-26-44-45(33)36-14-5-8-18-41(36)50-44/h1-28H. The third kappa shape index (κ3) is 4.07. The summed E-state index contributed by atoms with van der Waals surface area (Å²) < 4.78 is 7.67. The molecular formula is C46H28N2S2. The number of anilines is 3. The van der Waals surface area contributed by atoms with Crippen LogP contribution in [0.5, 0.6) is 0 Å². The lowest BCUT2D eigenvalue weighted by Crippen LogP contribution is -2.10. The molecule has 0 N–H and O–H groups in total. The fourth-order valence-electron chi connectivity index (χ4n) is 8.00. The average molecular weight is 673 g/mol. The molecule has 0 aliphatic rings. The third-order valence-electron chi connectivity index (χ3n) is 10.2. The van der Waals surface area contributed by atoms with Crippen molar-refractivity contribution in [2.45, 2.75) is 0 Å². The van der Waals surface area contributed by atoms with Crippen molar-refractivity contribution in [3.8, 4) is 5.69 Å². The average Bonchev–Trinajstić information content (AvgIpc) is 3.85. The predicted molar refractivity (Wildman–Crippen MR) is 219 cm³/mol. The Balaban J connectivity index is 1.22. The van der Waals surface area contributed by atoms with E-state index in [0.29, 0.717) is 0 Å². The van der Waals surface area contributed by atoms with Crippen LogP contribution in [0.2, 0.25) is 0 Å². The van der Waals surface area contributed by atoms with Gasteiger partial charge in [0.1, 0.15) is 0 Å². The Labute approximate surface area is 296 Å². The van der Waals surface area contributed by atoms with Crippen molar-refractivity contribution in [1.82, 2.24) is 4.57 Å². The normalized spacial score (nSPS) is 12.0. The molecule has 0 atom stereocenters. The lowest BCUT2D eigenvalue weighted by atomic mass is 10.0. The first kappa shape index (κ1) is 28.0. The Morgan fingerprint density at radius 3 is 1.78 bits per heavy atom. The van der Waals surface area contributed by atoms with Crippen LogP contribution in [0.4, 0.5) is 17.1 Å². The maximum atomic E-state index is 2.48. The van der Waals surface area contributed by atoms with Crippen LogP contribution in [0.15, 0.2) is 170 Å². The number of thiophene rings is 2. The number of benzene rings is 8. The van der Waals surface area contributed by atoms with Crippen LogP contribution in [0.1, 0.15) is 0 Å².